The molecule has 0 bridgehead atoms. The van der Waals surface area contributed by atoms with Crippen LogP contribution in [0.5, 0.6) is 5.75 Å². The molecule has 3 rings (SSSR count). The van der Waals surface area contributed by atoms with Gasteiger partial charge in [-0.05, 0) is 36.8 Å². The van der Waals surface area contributed by atoms with E-state index in [1.807, 2.05) is 0 Å². The van der Waals surface area contributed by atoms with Crippen LogP contribution in [0.25, 0.3) is 5.69 Å². The third kappa shape index (κ3) is 5.08. The van der Waals surface area contributed by atoms with E-state index in [-0.39, 0.29) is 17.8 Å². The highest BCUT2D eigenvalue weighted by Crippen LogP contribution is 2.30. The molecule has 10 heteroatoms. The Kier molecular flexibility index (Phi) is 6.83. The van der Waals surface area contributed by atoms with E-state index >= 15 is 0 Å². The summed E-state index contributed by atoms with van der Waals surface area (Å²) in [6, 6.07) is 11.2. The lowest BCUT2D eigenvalue weighted by Crippen LogP contribution is -2.28. The smallest absolute Gasteiger partial charge is 0.435 e. The zero-order valence-corrected chi connectivity index (χ0v) is 17.3. The van der Waals surface area contributed by atoms with Crippen molar-refractivity contribution in [2.75, 3.05) is 7.11 Å². The number of rotatable bonds is 7. The molecule has 6 nitrogen and oxygen atoms in total. The number of hydrogen-bond donors (Lipinski definition) is 2. The molecule has 0 spiro atoms. The minimum absolute atomic E-state index is 0.100. The van der Waals surface area contributed by atoms with E-state index in [2.05, 4.69) is 10.4 Å². The van der Waals surface area contributed by atoms with Crippen molar-refractivity contribution in [3.63, 3.8) is 0 Å². The van der Waals surface area contributed by atoms with Gasteiger partial charge >= 0.3 is 6.18 Å². The van der Waals surface area contributed by atoms with Crippen molar-refractivity contribution in [2.45, 2.75) is 32.2 Å². The van der Waals surface area contributed by atoms with E-state index in [0.29, 0.717) is 17.0 Å². The van der Waals surface area contributed by atoms with E-state index in [9.17, 15) is 22.4 Å². The van der Waals surface area contributed by atoms with Crippen molar-refractivity contribution in [1.29, 1.82) is 0 Å². The van der Waals surface area contributed by atoms with Crippen LogP contribution in [-0.4, -0.2) is 27.9 Å². The number of aromatic nitrogens is 2. The van der Waals surface area contributed by atoms with Crippen molar-refractivity contribution < 1.29 is 32.2 Å². The van der Waals surface area contributed by atoms with Gasteiger partial charge in [0.1, 0.15) is 11.6 Å². The zero-order valence-electron chi connectivity index (χ0n) is 17.3. The highest BCUT2D eigenvalue weighted by molar-refractivity contribution is 5.83. The van der Waals surface area contributed by atoms with Gasteiger partial charge in [-0.3, -0.25) is 4.79 Å². The molecule has 0 fully saturated rings. The molecule has 2 aromatic carbocycles. The fourth-order valence-electron chi connectivity index (χ4n) is 3.09. The Morgan fingerprint density at radius 3 is 2.59 bits per heavy atom. The fourth-order valence-corrected chi connectivity index (χ4v) is 3.09. The molecule has 1 aromatic heterocycles. The maximum Gasteiger partial charge on any atom is 0.435 e. The molecular weight excluding hydrogens is 430 g/mol. The molecule has 0 radical (unpaired) electrons. The molecule has 0 aliphatic heterocycles. The Morgan fingerprint density at radius 2 is 1.97 bits per heavy atom. The Morgan fingerprint density at radius 1 is 1.22 bits per heavy atom. The third-order valence-corrected chi connectivity index (χ3v) is 4.96. The predicted molar refractivity (Wildman–Crippen MR) is 108 cm³/mol. The lowest BCUT2D eigenvalue weighted by atomic mass is 9.98. The second-order valence-electron chi connectivity index (χ2n) is 7.08. The Bertz CT molecular complexity index is 1110. The first-order chi connectivity index (χ1) is 15.1. The number of aliphatic hydroxyl groups is 1. The third-order valence-electron chi connectivity index (χ3n) is 4.96. The number of carbonyl (C=O) groups is 1. The van der Waals surface area contributed by atoms with Crippen molar-refractivity contribution in [2.24, 2.45) is 0 Å². The van der Waals surface area contributed by atoms with Gasteiger partial charge in [-0.25, -0.2) is 9.07 Å². The van der Waals surface area contributed by atoms with Crippen LogP contribution in [0, 0.1) is 5.82 Å². The maximum atomic E-state index is 13.9. The highest BCUT2D eigenvalue weighted by atomic mass is 19.4. The molecule has 1 heterocycles. The first-order valence-electron chi connectivity index (χ1n) is 9.61. The minimum Gasteiger partial charge on any atom is -0.497 e. The Labute approximate surface area is 181 Å². The molecule has 1 atom stereocenters. The van der Waals surface area contributed by atoms with Gasteiger partial charge in [0.15, 0.2) is 5.69 Å². The maximum absolute atomic E-state index is 13.9. The summed E-state index contributed by atoms with van der Waals surface area (Å²) in [5.41, 5.74) is -0.191. The van der Waals surface area contributed by atoms with Crippen molar-refractivity contribution in [3.05, 3.63) is 76.9 Å². The summed E-state index contributed by atoms with van der Waals surface area (Å²) in [5.74, 6) is -1.49. The molecule has 32 heavy (non-hydrogen) atoms. The van der Waals surface area contributed by atoms with Crippen LogP contribution in [0.2, 0.25) is 0 Å². The molecule has 0 saturated heterocycles. The number of methoxy groups -OCH3 is 1. The molecule has 2 N–H and O–H groups in total. The summed E-state index contributed by atoms with van der Waals surface area (Å²) >= 11 is 0. The van der Waals surface area contributed by atoms with Crippen LogP contribution < -0.4 is 10.1 Å². The topological polar surface area (TPSA) is 76.4 Å². The van der Waals surface area contributed by atoms with Gasteiger partial charge in [0, 0.05) is 11.6 Å². The van der Waals surface area contributed by atoms with E-state index in [1.165, 1.54) is 25.3 Å². The summed E-state index contributed by atoms with van der Waals surface area (Å²) < 4.78 is 59.9. The molecule has 0 saturated carbocycles. The number of carbonyl (C=O) groups excluding carboxylic acids is 1. The standard InChI is InChI=1S/C22H21F4N3O3/c1-13(14-6-7-15(12-30)19(23)8-14)21(31)27-11-17-10-20(22(24,25)26)28-29(17)16-4-3-5-18(9-16)32-2/h3-10,13,30H,11-12H2,1-2H3,(H,27,31). The molecule has 3 aromatic rings. The average molecular weight is 451 g/mol. The number of ether oxygens (including phenoxy) is 1. The van der Waals surface area contributed by atoms with Crippen molar-refractivity contribution in [3.8, 4) is 11.4 Å². The molecule has 1 amide bonds. The number of alkyl halides is 3. The summed E-state index contributed by atoms with van der Waals surface area (Å²) in [6.45, 7) is 0.840. The lowest BCUT2D eigenvalue weighted by molar-refractivity contribution is -0.141. The second kappa shape index (κ2) is 9.39. The van der Waals surface area contributed by atoms with E-state index < -0.39 is 36.1 Å². The Hall–Kier alpha value is -3.40. The predicted octanol–water partition coefficient (Wildman–Crippen LogP) is 3.95. The van der Waals surface area contributed by atoms with Crippen LogP contribution in [0.3, 0.4) is 0 Å². The van der Waals surface area contributed by atoms with Gasteiger partial charge in [0.2, 0.25) is 5.91 Å². The quantitative estimate of drug-likeness (QED) is 0.534. The normalized spacial score (nSPS) is 12.5. The lowest BCUT2D eigenvalue weighted by Gasteiger charge is -2.14. The van der Waals surface area contributed by atoms with Crippen LogP contribution >= 0.6 is 0 Å². The van der Waals surface area contributed by atoms with Gasteiger partial charge in [-0.1, -0.05) is 18.2 Å². The first-order valence-corrected chi connectivity index (χ1v) is 9.61. The minimum atomic E-state index is -4.66. The fraction of sp³-hybridized carbons (Fsp3) is 0.273. The highest BCUT2D eigenvalue weighted by Gasteiger charge is 2.35. The van der Waals surface area contributed by atoms with Gasteiger partial charge < -0.3 is 15.2 Å². The number of hydrogen-bond acceptors (Lipinski definition) is 4. The van der Waals surface area contributed by atoms with Crippen molar-refractivity contribution in [1.82, 2.24) is 15.1 Å². The van der Waals surface area contributed by atoms with Crippen LogP contribution in [0.15, 0.2) is 48.5 Å². The first kappa shape index (κ1) is 23.3. The van der Waals surface area contributed by atoms with Gasteiger partial charge in [0.05, 0.1) is 37.6 Å². The second-order valence-corrected chi connectivity index (χ2v) is 7.08. The monoisotopic (exact) mass is 451 g/mol. The number of benzene rings is 2. The molecule has 1 unspecified atom stereocenters. The van der Waals surface area contributed by atoms with Gasteiger partial charge in [-0.15, -0.1) is 0 Å². The number of halogens is 4. The summed E-state index contributed by atoms with van der Waals surface area (Å²) in [6.07, 6.45) is -4.66. The van der Waals surface area contributed by atoms with Gasteiger partial charge in [-0.2, -0.15) is 18.3 Å². The zero-order chi connectivity index (χ0) is 23.5. The van der Waals surface area contributed by atoms with Crippen LogP contribution in [0.4, 0.5) is 17.6 Å². The summed E-state index contributed by atoms with van der Waals surface area (Å²) in [4.78, 5) is 12.6. The molecular formula is C22H21F4N3O3. The van der Waals surface area contributed by atoms with Crippen LogP contribution in [0.1, 0.15) is 35.4 Å². The van der Waals surface area contributed by atoms with E-state index in [0.717, 1.165) is 16.8 Å². The number of aliphatic hydroxyl groups excluding tert-OH is 1. The summed E-state index contributed by atoms with van der Waals surface area (Å²) in [5, 5.41) is 15.3. The number of nitrogens with zero attached hydrogens (tertiary/aromatic N) is 2. The summed E-state index contributed by atoms with van der Waals surface area (Å²) in [7, 11) is 1.43. The van der Waals surface area contributed by atoms with E-state index in [1.54, 1.807) is 25.1 Å². The van der Waals surface area contributed by atoms with Crippen molar-refractivity contribution >= 4 is 5.91 Å². The molecule has 0 aliphatic rings. The average Bonchev–Trinajstić information content (AvgIpc) is 3.22. The number of amides is 1. The van der Waals surface area contributed by atoms with Gasteiger partial charge in [0.25, 0.3) is 0 Å². The van der Waals surface area contributed by atoms with Crippen LogP contribution in [-0.2, 0) is 24.1 Å². The van der Waals surface area contributed by atoms with E-state index in [4.69, 9.17) is 9.84 Å². The molecule has 0 aliphatic carbocycles. The molecule has 170 valence electrons. The largest absolute Gasteiger partial charge is 0.497 e. The number of nitrogens with one attached hydrogen (secondary N) is 1. The SMILES string of the molecule is COc1cccc(-n2nc(C(F)(F)F)cc2CNC(=O)C(C)c2ccc(CO)c(F)c2)c1. The Balaban J connectivity index is 1.83.